The van der Waals surface area contributed by atoms with Gasteiger partial charge in [-0.05, 0) is 32.2 Å². The van der Waals surface area contributed by atoms with Gasteiger partial charge in [-0.1, -0.05) is 0 Å². The van der Waals surface area contributed by atoms with Crippen LogP contribution in [0, 0.1) is 0 Å². The maximum absolute atomic E-state index is 5.91. The van der Waals surface area contributed by atoms with Crippen LogP contribution in [0.15, 0.2) is 0 Å². The van der Waals surface area contributed by atoms with Gasteiger partial charge in [-0.2, -0.15) is 0 Å². The molecule has 0 aromatic rings. The third-order valence-electron chi connectivity index (χ3n) is 4.13. The van der Waals surface area contributed by atoms with Gasteiger partial charge in [0.1, 0.15) is 0 Å². The first-order valence-electron chi connectivity index (χ1n) is 5.55. The number of hydrogen-bond donors (Lipinski definition) is 2. The topological polar surface area (TPSA) is 41.3 Å². The number of nitrogens with zero attached hydrogens (tertiary/aromatic N) is 1. The Kier molecular flexibility index (Phi) is 1.70. The lowest BCUT2D eigenvalue weighted by molar-refractivity contribution is 0.0177. The normalized spacial score (nSPS) is 50.5. The van der Waals surface area contributed by atoms with E-state index in [1.165, 1.54) is 45.3 Å². The van der Waals surface area contributed by atoms with Gasteiger partial charge in [-0.3, -0.25) is 4.90 Å². The molecule has 3 N–H and O–H groups in total. The van der Waals surface area contributed by atoms with Crippen LogP contribution in [0.25, 0.3) is 0 Å². The fraction of sp³-hybridized carbons (Fsp3) is 1.00. The predicted molar refractivity (Wildman–Crippen MR) is 52.5 cm³/mol. The Bertz CT molecular complexity index is 205. The van der Waals surface area contributed by atoms with Crippen LogP contribution in [0.5, 0.6) is 0 Å². The molecule has 13 heavy (non-hydrogen) atoms. The highest BCUT2D eigenvalue weighted by Gasteiger charge is 2.52. The van der Waals surface area contributed by atoms with Crippen molar-refractivity contribution in [1.82, 2.24) is 10.2 Å². The Hall–Kier alpha value is -0.120. The second-order valence-corrected chi connectivity index (χ2v) is 4.95. The van der Waals surface area contributed by atoms with Crippen LogP contribution in [0.1, 0.15) is 25.7 Å². The first-order valence-corrected chi connectivity index (χ1v) is 5.55. The lowest BCUT2D eigenvalue weighted by atomic mass is 9.66. The van der Waals surface area contributed by atoms with Gasteiger partial charge in [0.25, 0.3) is 0 Å². The highest BCUT2D eigenvalue weighted by atomic mass is 15.3. The van der Waals surface area contributed by atoms with Crippen LogP contribution in [0.3, 0.4) is 0 Å². The summed E-state index contributed by atoms with van der Waals surface area (Å²) in [6, 6.07) is 1.27. The molecule has 1 aliphatic carbocycles. The number of hydrogen-bond acceptors (Lipinski definition) is 3. The predicted octanol–water partition coefficient (Wildman–Crippen LogP) is -0.0861. The highest BCUT2D eigenvalue weighted by molar-refractivity contribution is 5.14. The standard InChI is InChI=1S/C10H19N3/c11-8-6-10(7-8)9-2-1-4-13(9)5-3-12-10/h8-9,12H,1-7,11H2. The maximum atomic E-state index is 5.91. The number of fused-ring (bicyclic) bond motifs is 2. The minimum absolute atomic E-state index is 0.425. The van der Waals surface area contributed by atoms with Crippen molar-refractivity contribution in [3.8, 4) is 0 Å². The first kappa shape index (κ1) is 8.21. The molecule has 74 valence electrons. The van der Waals surface area contributed by atoms with Gasteiger partial charge in [-0.25, -0.2) is 0 Å². The summed E-state index contributed by atoms with van der Waals surface area (Å²) in [7, 11) is 0. The Labute approximate surface area is 79.7 Å². The van der Waals surface area contributed by atoms with Crippen molar-refractivity contribution in [2.24, 2.45) is 5.73 Å². The average molecular weight is 181 g/mol. The molecule has 1 unspecified atom stereocenters. The molecule has 0 amide bonds. The van der Waals surface area contributed by atoms with Crippen LogP contribution >= 0.6 is 0 Å². The molecule has 1 spiro atoms. The molecule has 1 atom stereocenters. The van der Waals surface area contributed by atoms with Gasteiger partial charge < -0.3 is 11.1 Å². The van der Waals surface area contributed by atoms with Gasteiger partial charge in [-0.15, -0.1) is 0 Å². The lowest BCUT2D eigenvalue weighted by Crippen LogP contribution is -2.72. The molecule has 3 aliphatic rings. The monoisotopic (exact) mass is 181 g/mol. The summed E-state index contributed by atoms with van der Waals surface area (Å²) in [5.74, 6) is 0. The molecule has 2 aliphatic heterocycles. The second-order valence-electron chi connectivity index (χ2n) is 4.95. The van der Waals surface area contributed by atoms with Crippen LogP contribution in [-0.2, 0) is 0 Å². The van der Waals surface area contributed by atoms with Gasteiger partial charge in [0.2, 0.25) is 0 Å². The summed E-state index contributed by atoms with van der Waals surface area (Å²) in [5, 5.41) is 3.71. The number of rotatable bonds is 0. The number of piperazine rings is 1. The molecule has 2 heterocycles. The zero-order valence-corrected chi connectivity index (χ0v) is 8.13. The van der Waals surface area contributed by atoms with E-state index in [1.54, 1.807) is 0 Å². The van der Waals surface area contributed by atoms with Crippen molar-refractivity contribution < 1.29 is 0 Å². The van der Waals surface area contributed by atoms with E-state index in [9.17, 15) is 0 Å². The summed E-state index contributed by atoms with van der Waals surface area (Å²) >= 11 is 0. The van der Waals surface area contributed by atoms with Crippen molar-refractivity contribution in [2.45, 2.75) is 43.3 Å². The number of nitrogens with two attached hydrogens (primary N) is 1. The van der Waals surface area contributed by atoms with E-state index in [0.29, 0.717) is 11.6 Å². The minimum atomic E-state index is 0.425. The van der Waals surface area contributed by atoms with Gasteiger partial charge in [0, 0.05) is 30.7 Å². The molecular formula is C10H19N3. The van der Waals surface area contributed by atoms with Crippen molar-refractivity contribution in [2.75, 3.05) is 19.6 Å². The summed E-state index contributed by atoms with van der Waals surface area (Å²) in [6.45, 7) is 3.74. The fourth-order valence-corrected chi connectivity index (χ4v) is 3.58. The Balaban J connectivity index is 1.79. The lowest BCUT2D eigenvalue weighted by Gasteiger charge is -2.56. The SMILES string of the molecule is NC1CC2(C1)NCCN1CCCC12. The zero-order chi connectivity index (χ0) is 8.89. The Morgan fingerprint density at radius 2 is 2.15 bits per heavy atom. The molecule has 2 saturated heterocycles. The smallest absolute Gasteiger partial charge is 0.0367 e. The van der Waals surface area contributed by atoms with E-state index in [0.717, 1.165) is 6.04 Å². The average Bonchev–Trinajstić information content (AvgIpc) is 2.50. The minimum Gasteiger partial charge on any atom is -0.328 e. The van der Waals surface area contributed by atoms with E-state index in [1.807, 2.05) is 0 Å². The van der Waals surface area contributed by atoms with E-state index >= 15 is 0 Å². The van der Waals surface area contributed by atoms with Crippen molar-refractivity contribution in [3.05, 3.63) is 0 Å². The number of nitrogens with one attached hydrogen (secondary N) is 1. The third-order valence-corrected chi connectivity index (χ3v) is 4.13. The fourth-order valence-electron chi connectivity index (χ4n) is 3.58. The van der Waals surface area contributed by atoms with Crippen LogP contribution in [-0.4, -0.2) is 42.2 Å². The van der Waals surface area contributed by atoms with E-state index < -0.39 is 0 Å². The van der Waals surface area contributed by atoms with E-state index in [2.05, 4.69) is 10.2 Å². The molecule has 0 aromatic carbocycles. The molecule has 0 aromatic heterocycles. The van der Waals surface area contributed by atoms with Crippen LogP contribution in [0.2, 0.25) is 0 Å². The van der Waals surface area contributed by atoms with E-state index in [-0.39, 0.29) is 0 Å². The molecule has 1 saturated carbocycles. The third kappa shape index (κ3) is 1.07. The Morgan fingerprint density at radius 1 is 1.31 bits per heavy atom. The summed E-state index contributed by atoms with van der Waals surface area (Å²) in [4.78, 5) is 2.67. The quantitative estimate of drug-likeness (QED) is 0.549. The van der Waals surface area contributed by atoms with Crippen molar-refractivity contribution in [3.63, 3.8) is 0 Å². The van der Waals surface area contributed by atoms with Crippen molar-refractivity contribution in [1.29, 1.82) is 0 Å². The summed E-state index contributed by atoms with van der Waals surface area (Å²) in [5.41, 5.74) is 6.33. The molecule has 0 radical (unpaired) electrons. The highest BCUT2D eigenvalue weighted by Crippen LogP contribution is 2.42. The van der Waals surface area contributed by atoms with E-state index in [4.69, 9.17) is 5.73 Å². The largest absolute Gasteiger partial charge is 0.328 e. The zero-order valence-electron chi connectivity index (χ0n) is 8.13. The first-order chi connectivity index (χ1) is 6.30. The molecule has 3 rings (SSSR count). The van der Waals surface area contributed by atoms with Gasteiger partial charge in [0.15, 0.2) is 0 Å². The molecule has 3 nitrogen and oxygen atoms in total. The summed E-state index contributed by atoms with van der Waals surface area (Å²) in [6.07, 6.45) is 5.19. The van der Waals surface area contributed by atoms with Crippen LogP contribution < -0.4 is 11.1 Å². The summed E-state index contributed by atoms with van der Waals surface area (Å²) < 4.78 is 0. The Morgan fingerprint density at radius 3 is 2.92 bits per heavy atom. The maximum Gasteiger partial charge on any atom is 0.0367 e. The molecule has 0 bridgehead atoms. The second kappa shape index (κ2) is 2.69. The molecule has 3 fully saturated rings. The van der Waals surface area contributed by atoms with Gasteiger partial charge in [0.05, 0.1) is 0 Å². The van der Waals surface area contributed by atoms with Crippen LogP contribution in [0.4, 0.5) is 0 Å². The van der Waals surface area contributed by atoms with Crippen molar-refractivity contribution >= 4 is 0 Å². The molecule has 3 heteroatoms. The molecular weight excluding hydrogens is 162 g/mol. The van der Waals surface area contributed by atoms with Gasteiger partial charge >= 0.3 is 0 Å².